The van der Waals surface area contributed by atoms with Gasteiger partial charge in [-0.15, -0.1) is 0 Å². The molecule has 0 fully saturated rings. The third-order valence-electron chi connectivity index (χ3n) is 2.54. The normalized spacial score (nSPS) is 12.6. The molecule has 1 N–H and O–H groups in total. The van der Waals surface area contributed by atoms with E-state index < -0.39 is 0 Å². The van der Waals surface area contributed by atoms with Gasteiger partial charge in [-0.05, 0) is 24.2 Å². The summed E-state index contributed by atoms with van der Waals surface area (Å²) in [5, 5.41) is 8.61. The van der Waals surface area contributed by atoms with E-state index in [9.17, 15) is 0 Å². The Kier molecular flexibility index (Phi) is 3.95. The summed E-state index contributed by atoms with van der Waals surface area (Å²) in [6.45, 7) is 9.31. The number of hydrogen-bond acceptors (Lipinski definition) is 1. The number of rotatable bonds is 4. The number of aliphatic hydroxyl groups excluding tert-OH is 1. The van der Waals surface area contributed by atoms with Crippen molar-refractivity contribution in [3.63, 3.8) is 0 Å². The van der Waals surface area contributed by atoms with Crippen LogP contribution in [0.3, 0.4) is 0 Å². The fourth-order valence-corrected chi connectivity index (χ4v) is 0.823. The van der Waals surface area contributed by atoms with E-state index in [4.69, 9.17) is 5.11 Å². The molecule has 62 valence electrons. The van der Waals surface area contributed by atoms with Crippen LogP contribution in [0.5, 0.6) is 0 Å². The SMILES string of the molecule is CC(C)C(C)(C)CCCO. The molecule has 1 nitrogen and oxygen atoms in total. The molecule has 0 atom stereocenters. The second-order valence-corrected chi connectivity index (χ2v) is 3.97. The molecule has 0 heterocycles. The first-order valence-electron chi connectivity index (χ1n) is 4.11. The lowest BCUT2D eigenvalue weighted by molar-refractivity contribution is 0.192. The van der Waals surface area contributed by atoms with Gasteiger partial charge in [0, 0.05) is 6.61 Å². The lowest BCUT2D eigenvalue weighted by Gasteiger charge is -2.28. The minimum Gasteiger partial charge on any atom is -0.396 e. The molecular weight excluding hydrogens is 124 g/mol. The van der Waals surface area contributed by atoms with Crippen molar-refractivity contribution in [2.75, 3.05) is 6.61 Å². The summed E-state index contributed by atoms with van der Waals surface area (Å²) in [7, 11) is 0. The Labute approximate surface area is 64.5 Å². The van der Waals surface area contributed by atoms with Gasteiger partial charge in [-0.1, -0.05) is 27.7 Å². The van der Waals surface area contributed by atoms with Gasteiger partial charge >= 0.3 is 0 Å². The minimum absolute atomic E-state index is 0.330. The molecule has 0 aliphatic carbocycles. The first-order valence-corrected chi connectivity index (χ1v) is 4.11. The Morgan fingerprint density at radius 3 is 2.10 bits per heavy atom. The highest BCUT2D eigenvalue weighted by Gasteiger charge is 2.20. The van der Waals surface area contributed by atoms with Crippen molar-refractivity contribution >= 4 is 0 Å². The third kappa shape index (κ3) is 3.21. The maximum atomic E-state index is 8.61. The van der Waals surface area contributed by atoms with Crippen LogP contribution in [0.1, 0.15) is 40.5 Å². The maximum Gasteiger partial charge on any atom is 0.0431 e. The molecule has 0 aliphatic rings. The van der Waals surface area contributed by atoms with E-state index in [-0.39, 0.29) is 0 Å². The van der Waals surface area contributed by atoms with Crippen LogP contribution in [0.2, 0.25) is 0 Å². The average Bonchev–Trinajstić information content (AvgIpc) is 1.84. The Balaban J connectivity index is 3.63. The first-order chi connectivity index (χ1) is 4.50. The summed E-state index contributed by atoms with van der Waals surface area (Å²) in [5.74, 6) is 0.707. The second kappa shape index (κ2) is 3.97. The van der Waals surface area contributed by atoms with Crippen LogP contribution in [-0.4, -0.2) is 11.7 Å². The molecule has 0 saturated carbocycles. The van der Waals surface area contributed by atoms with Crippen LogP contribution in [0.25, 0.3) is 0 Å². The summed E-state index contributed by atoms with van der Waals surface area (Å²) >= 11 is 0. The molecule has 0 saturated heterocycles. The summed E-state index contributed by atoms with van der Waals surface area (Å²) in [5.41, 5.74) is 0.392. The molecule has 0 amide bonds. The van der Waals surface area contributed by atoms with Gasteiger partial charge in [-0.25, -0.2) is 0 Å². The van der Waals surface area contributed by atoms with Gasteiger partial charge < -0.3 is 5.11 Å². The lowest BCUT2D eigenvalue weighted by Crippen LogP contribution is -2.19. The zero-order chi connectivity index (χ0) is 8.20. The summed E-state index contributed by atoms with van der Waals surface area (Å²) in [6.07, 6.45) is 2.06. The molecule has 0 spiro atoms. The predicted molar refractivity (Wildman–Crippen MR) is 44.9 cm³/mol. The summed E-state index contributed by atoms with van der Waals surface area (Å²) in [4.78, 5) is 0. The van der Waals surface area contributed by atoms with Crippen LogP contribution in [0.4, 0.5) is 0 Å². The van der Waals surface area contributed by atoms with Gasteiger partial charge in [0.2, 0.25) is 0 Å². The zero-order valence-electron chi connectivity index (χ0n) is 7.65. The van der Waals surface area contributed by atoms with Crippen molar-refractivity contribution in [1.29, 1.82) is 0 Å². The van der Waals surface area contributed by atoms with E-state index >= 15 is 0 Å². The van der Waals surface area contributed by atoms with Crippen LogP contribution in [-0.2, 0) is 0 Å². The highest BCUT2D eigenvalue weighted by Crippen LogP contribution is 2.30. The topological polar surface area (TPSA) is 20.2 Å². The largest absolute Gasteiger partial charge is 0.396 e. The van der Waals surface area contributed by atoms with Gasteiger partial charge in [-0.2, -0.15) is 0 Å². The van der Waals surface area contributed by atoms with E-state index in [0.29, 0.717) is 17.9 Å². The molecular formula is C9H20O. The minimum atomic E-state index is 0.330. The smallest absolute Gasteiger partial charge is 0.0431 e. The predicted octanol–water partition coefficient (Wildman–Crippen LogP) is 2.44. The molecule has 1 heteroatoms. The quantitative estimate of drug-likeness (QED) is 0.642. The van der Waals surface area contributed by atoms with Crippen molar-refractivity contribution in [2.45, 2.75) is 40.5 Å². The van der Waals surface area contributed by atoms with Crippen LogP contribution in [0.15, 0.2) is 0 Å². The van der Waals surface area contributed by atoms with Crippen molar-refractivity contribution in [1.82, 2.24) is 0 Å². The van der Waals surface area contributed by atoms with Crippen LogP contribution in [0, 0.1) is 11.3 Å². The molecule has 0 aliphatic heterocycles. The van der Waals surface area contributed by atoms with Gasteiger partial charge in [0.15, 0.2) is 0 Å². The lowest BCUT2D eigenvalue weighted by atomic mass is 9.77. The van der Waals surface area contributed by atoms with E-state index in [0.717, 1.165) is 12.8 Å². The molecule has 0 rings (SSSR count). The fraction of sp³-hybridized carbons (Fsp3) is 1.00. The highest BCUT2D eigenvalue weighted by molar-refractivity contribution is 4.71. The number of hydrogen-bond donors (Lipinski definition) is 1. The summed E-state index contributed by atoms with van der Waals surface area (Å²) in [6, 6.07) is 0. The van der Waals surface area contributed by atoms with E-state index in [2.05, 4.69) is 27.7 Å². The van der Waals surface area contributed by atoms with Gasteiger partial charge in [0.05, 0.1) is 0 Å². The number of aliphatic hydroxyl groups is 1. The Hall–Kier alpha value is -0.0400. The van der Waals surface area contributed by atoms with Crippen molar-refractivity contribution in [3.05, 3.63) is 0 Å². The van der Waals surface area contributed by atoms with Crippen molar-refractivity contribution < 1.29 is 5.11 Å². The zero-order valence-corrected chi connectivity index (χ0v) is 7.65. The standard InChI is InChI=1S/C9H20O/c1-8(2)9(3,4)6-5-7-10/h8,10H,5-7H2,1-4H3. The van der Waals surface area contributed by atoms with E-state index in [1.807, 2.05) is 0 Å². The van der Waals surface area contributed by atoms with E-state index in [1.165, 1.54) is 0 Å². The Bertz CT molecular complexity index is 84.7. The first kappa shape index (κ1) is 9.96. The molecule has 0 aromatic rings. The van der Waals surface area contributed by atoms with Crippen molar-refractivity contribution in [3.8, 4) is 0 Å². The van der Waals surface area contributed by atoms with Crippen LogP contribution < -0.4 is 0 Å². The molecule has 0 aromatic heterocycles. The van der Waals surface area contributed by atoms with Crippen LogP contribution >= 0.6 is 0 Å². The highest BCUT2D eigenvalue weighted by atomic mass is 16.2. The molecule has 0 unspecified atom stereocenters. The van der Waals surface area contributed by atoms with E-state index in [1.54, 1.807) is 0 Å². The Morgan fingerprint density at radius 1 is 1.30 bits per heavy atom. The van der Waals surface area contributed by atoms with Gasteiger partial charge in [0.25, 0.3) is 0 Å². The molecule has 0 aromatic carbocycles. The summed E-state index contributed by atoms with van der Waals surface area (Å²) < 4.78 is 0. The third-order valence-corrected chi connectivity index (χ3v) is 2.54. The second-order valence-electron chi connectivity index (χ2n) is 3.97. The monoisotopic (exact) mass is 144 g/mol. The van der Waals surface area contributed by atoms with Crippen molar-refractivity contribution in [2.24, 2.45) is 11.3 Å². The molecule has 10 heavy (non-hydrogen) atoms. The molecule has 0 radical (unpaired) electrons. The molecule has 0 bridgehead atoms. The van der Waals surface area contributed by atoms with Gasteiger partial charge in [-0.3, -0.25) is 0 Å². The maximum absolute atomic E-state index is 8.61. The average molecular weight is 144 g/mol. The Morgan fingerprint density at radius 2 is 1.80 bits per heavy atom. The fourth-order valence-electron chi connectivity index (χ4n) is 0.823. The van der Waals surface area contributed by atoms with Gasteiger partial charge in [0.1, 0.15) is 0 Å².